The molecule has 1 aromatic carbocycles. The smallest absolute Gasteiger partial charge is 0.228 e. The van der Waals surface area contributed by atoms with Crippen LogP contribution >= 0.6 is 11.6 Å². The first kappa shape index (κ1) is 11.4. The van der Waals surface area contributed by atoms with E-state index in [0.717, 1.165) is 25.1 Å². The Hall–Kier alpha value is -1.06. The van der Waals surface area contributed by atoms with E-state index in [2.05, 4.69) is 0 Å². The van der Waals surface area contributed by atoms with Crippen LogP contribution in [0.15, 0.2) is 24.3 Å². The van der Waals surface area contributed by atoms with E-state index < -0.39 is 0 Å². The van der Waals surface area contributed by atoms with E-state index in [1.165, 1.54) is 0 Å². The Labute approximate surface area is 100.0 Å². The molecule has 1 fully saturated rings. The van der Waals surface area contributed by atoms with Crippen molar-refractivity contribution in [2.24, 2.45) is 0 Å². The van der Waals surface area contributed by atoms with Crippen LogP contribution in [0.4, 0.5) is 0 Å². The van der Waals surface area contributed by atoms with Crippen LogP contribution in [0.1, 0.15) is 12.0 Å². The average molecular weight is 240 g/mol. The van der Waals surface area contributed by atoms with Crippen molar-refractivity contribution in [2.45, 2.75) is 12.8 Å². The predicted molar refractivity (Wildman–Crippen MR) is 62.3 cm³/mol. The molecule has 0 unspecified atom stereocenters. The highest BCUT2D eigenvalue weighted by Crippen LogP contribution is 2.11. The lowest BCUT2D eigenvalue weighted by Crippen LogP contribution is -2.39. The molecule has 2 rings (SSSR count). The van der Waals surface area contributed by atoms with Gasteiger partial charge in [0.15, 0.2) is 0 Å². The quantitative estimate of drug-likeness (QED) is 0.791. The van der Waals surface area contributed by atoms with Crippen LogP contribution in [0.5, 0.6) is 0 Å². The molecule has 86 valence electrons. The Bertz CT molecular complexity index is 358. The maximum atomic E-state index is 11.9. The fourth-order valence-corrected chi connectivity index (χ4v) is 1.81. The first-order chi connectivity index (χ1) is 7.75. The molecule has 1 amide bonds. The van der Waals surface area contributed by atoms with E-state index in [-0.39, 0.29) is 5.91 Å². The molecule has 1 aliphatic heterocycles. The van der Waals surface area contributed by atoms with E-state index >= 15 is 0 Å². The van der Waals surface area contributed by atoms with Crippen molar-refractivity contribution < 1.29 is 9.53 Å². The Morgan fingerprint density at radius 2 is 2.12 bits per heavy atom. The summed E-state index contributed by atoms with van der Waals surface area (Å²) in [5.74, 6) is 0.113. The molecule has 1 aromatic rings. The molecule has 0 atom stereocenters. The molecule has 0 aliphatic carbocycles. The summed E-state index contributed by atoms with van der Waals surface area (Å²) in [7, 11) is 0. The van der Waals surface area contributed by atoms with Gasteiger partial charge in [-0.3, -0.25) is 4.79 Å². The molecule has 0 saturated carbocycles. The standard InChI is InChI=1S/C12H14ClNO2/c13-11-4-2-10(3-5-11)8-12(15)14-6-1-7-16-9-14/h2-5H,1,6-9H2. The van der Waals surface area contributed by atoms with Crippen molar-refractivity contribution in [3.05, 3.63) is 34.9 Å². The van der Waals surface area contributed by atoms with E-state index in [9.17, 15) is 4.79 Å². The summed E-state index contributed by atoms with van der Waals surface area (Å²) in [5, 5.41) is 0.692. The number of hydrogen-bond donors (Lipinski definition) is 0. The van der Waals surface area contributed by atoms with Crippen LogP contribution in [-0.4, -0.2) is 30.7 Å². The molecular formula is C12H14ClNO2. The zero-order valence-electron chi connectivity index (χ0n) is 8.99. The van der Waals surface area contributed by atoms with Gasteiger partial charge in [-0.1, -0.05) is 23.7 Å². The van der Waals surface area contributed by atoms with Crippen LogP contribution in [0.2, 0.25) is 5.02 Å². The number of rotatable bonds is 2. The molecular weight excluding hydrogens is 226 g/mol. The van der Waals surface area contributed by atoms with E-state index in [4.69, 9.17) is 16.3 Å². The third-order valence-electron chi connectivity index (χ3n) is 2.59. The molecule has 1 aliphatic rings. The van der Waals surface area contributed by atoms with Crippen LogP contribution in [0.3, 0.4) is 0 Å². The second-order valence-corrected chi connectivity index (χ2v) is 4.29. The number of carbonyl (C=O) groups excluding carboxylic acids is 1. The number of hydrogen-bond acceptors (Lipinski definition) is 2. The van der Waals surface area contributed by atoms with Gasteiger partial charge < -0.3 is 9.64 Å². The highest BCUT2D eigenvalue weighted by molar-refractivity contribution is 6.30. The summed E-state index contributed by atoms with van der Waals surface area (Å²) < 4.78 is 5.24. The van der Waals surface area contributed by atoms with E-state index in [0.29, 0.717) is 18.2 Å². The monoisotopic (exact) mass is 239 g/mol. The van der Waals surface area contributed by atoms with Gasteiger partial charge in [-0.25, -0.2) is 0 Å². The minimum Gasteiger partial charge on any atom is -0.361 e. The number of benzene rings is 1. The van der Waals surface area contributed by atoms with E-state index in [1.54, 1.807) is 17.0 Å². The van der Waals surface area contributed by atoms with Crippen molar-refractivity contribution in [3.63, 3.8) is 0 Å². The van der Waals surface area contributed by atoms with E-state index in [1.807, 2.05) is 12.1 Å². The largest absolute Gasteiger partial charge is 0.361 e. The first-order valence-electron chi connectivity index (χ1n) is 5.35. The maximum absolute atomic E-state index is 11.9. The fraction of sp³-hybridized carbons (Fsp3) is 0.417. The first-order valence-corrected chi connectivity index (χ1v) is 5.73. The summed E-state index contributed by atoms with van der Waals surface area (Å²) in [6.07, 6.45) is 1.34. The molecule has 1 saturated heterocycles. The lowest BCUT2D eigenvalue weighted by Gasteiger charge is -2.26. The van der Waals surface area contributed by atoms with Gasteiger partial charge in [0.25, 0.3) is 0 Å². The maximum Gasteiger partial charge on any atom is 0.228 e. The average Bonchev–Trinajstić information content (AvgIpc) is 2.33. The Kier molecular flexibility index (Phi) is 3.80. The molecule has 0 bridgehead atoms. The number of ether oxygens (including phenoxy) is 1. The molecule has 1 heterocycles. The predicted octanol–water partition coefficient (Wildman–Crippen LogP) is 2.09. The summed E-state index contributed by atoms with van der Waals surface area (Å²) in [6, 6.07) is 7.36. The van der Waals surface area contributed by atoms with Crippen LogP contribution in [0.25, 0.3) is 0 Å². The van der Waals surface area contributed by atoms with Crippen LogP contribution < -0.4 is 0 Å². The van der Waals surface area contributed by atoms with Gasteiger partial charge in [0.05, 0.1) is 13.0 Å². The minimum absolute atomic E-state index is 0.113. The van der Waals surface area contributed by atoms with Crippen molar-refractivity contribution >= 4 is 17.5 Å². The summed E-state index contributed by atoms with van der Waals surface area (Å²) in [5.41, 5.74) is 0.986. The normalized spacial score (nSPS) is 16.2. The molecule has 0 aromatic heterocycles. The molecule has 0 spiro atoms. The van der Waals surface area contributed by atoms with Gasteiger partial charge in [-0.15, -0.1) is 0 Å². The third-order valence-corrected chi connectivity index (χ3v) is 2.84. The zero-order valence-corrected chi connectivity index (χ0v) is 9.74. The van der Waals surface area contributed by atoms with Crippen LogP contribution in [-0.2, 0) is 16.0 Å². The lowest BCUT2D eigenvalue weighted by molar-refractivity contribution is -0.139. The van der Waals surface area contributed by atoms with Gasteiger partial charge in [-0.2, -0.15) is 0 Å². The Morgan fingerprint density at radius 3 is 2.75 bits per heavy atom. The molecule has 16 heavy (non-hydrogen) atoms. The number of carbonyl (C=O) groups is 1. The summed E-state index contributed by atoms with van der Waals surface area (Å²) in [6.45, 7) is 1.98. The number of nitrogens with zero attached hydrogens (tertiary/aromatic N) is 1. The van der Waals surface area contributed by atoms with Gasteiger partial charge in [0, 0.05) is 11.6 Å². The van der Waals surface area contributed by atoms with Gasteiger partial charge in [0.2, 0.25) is 5.91 Å². The lowest BCUT2D eigenvalue weighted by atomic mass is 10.1. The molecule has 3 nitrogen and oxygen atoms in total. The SMILES string of the molecule is O=C(Cc1ccc(Cl)cc1)N1CCCOC1. The molecule has 4 heteroatoms. The van der Waals surface area contributed by atoms with Crippen molar-refractivity contribution in [2.75, 3.05) is 19.9 Å². The molecule has 0 radical (unpaired) electrons. The molecule has 0 N–H and O–H groups in total. The minimum atomic E-state index is 0.113. The third kappa shape index (κ3) is 2.97. The fourth-order valence-electron chi connectivity index (χ4n) is 1.68. The highest BCUT2D eigenvalue weighted by Gasteiger charge is 2.16. The summed E-state index contributed by atoms with van der Waals surface area (Å²) in [4.78, 5) is 13.6. The second kappa shape index (κ2) is 5.32. The highest BCUT2D eigenvalue weighted by atomic mass is 35.5. The second-order valence-electron chi connectivity index (χ2n) is 3.85. The number of halogens is 1. The Morgan fingerprint density at radius 1 is 1.38 bits per heavy atom. The topological polar surface area (TPSA) is 29.5 Å². The Balaban J connectivity index is 1.93. The van der Waals surface area contributed by atoms with Gasteiger partial charge >= 0.3 is 0 Å². The van der Waals surface area contributed by atoms with Gasteiger partial charge in [-0.05, 0) is 24.1 Å². The van der Waals surface area contributed by atoms with Crippen molar-refractivity contribution in [1.82, 2.24) is 4.90 Å². The number of amides is 1. The van der Waals surface area contributed by atoms with Crippen LogP contribution in [0, 0.1) is 0 Å². The summed E-state index contributed by atoms with van der Waals surface area (Å²) >= 11 is 5.78. The zero-order chi connectivity index (χ0) is 11.4. The van der Waals surface area contributed by atoms with Crippen molar-refractivity contribution in [1.29, 1.82) is 0 Å². The van der Waals surface area contributed by atoms with Gasteiger partial charge in [0.1, 0.15) is 6.73 Å². The van der Waals surface area contributed by atoms with Crippen molar-refractivity contribution in [3.8, 4) is 0 Å².